The zero-order chi connectivity index (χ0) is 14.0. The Balaban J connectivity index is 2.40. The van der Waals surface area contributed by atoms with Crippen LogP contribution in [0.1, 0.15) is 16.1 Å². The van der Waals surface area contributed by atoms with E-state index in [0.29, 0.717) is 5.56 Å². The quantitative estimate of drug-likeness (QED) is 0.859. The summed E-state index contributed by atoms with van der Waals surface area (Å²) >= 11 is 0. The number of halogens is 1. The van der Waals surface area contributed by atoms with Crippen molar-refractivity contribution in [1.82, 2.24) is 15.3 Å². The molecule has 0 aliphatic rings. The highest BCUT2D eigenvalue weighted by Gasteiger charge is 2.14. The van der Waals surface area contributed by atoms with Gasteiger partial charge in [-0.15, -0.1) is 0 Å². The van der Waals surface area contributed by atoms with Crippen molar-refractivity contribution in [3.8, 4) is 11.3 Å². The van der Waals surface area contributed by atoms with Gasteiger partial charge < -0.3 is 0 Å². The lowest BCUT2D eigenvalue weighted by Crippen LogP contribution is -2.22. The molecule has 1 heterocycles. The average molecular weight is 263 g/mol. The van der Waals surface area contributed by atoms with Crippen LogP contribution >= 0.6 is 0 Å². The molecule has 1 N–H and O–H groups in total. The molecule has 0 spiro atoms. The van der Waals surface area contributed by atoms with Crippen LogP contribution in [0, 0.1) is 12.7 Å². The molecule has 100 valence electrons. The van der Waals surface area contributed by atoms with Crippen LogP contribution in [0.2, 0.25) is 0 Å². The first-order valence-electron chi connectivity index (χ1n) is 5.67. The third-order valence-electron chi connectivity index (χ3n) is 2.76. The van der Waals surface area contributed by atoms with Gasteiger partial charge in [0.05, 0.1) is 12.8 Å². The smallest absolute Gasteiger partial charge is 0.277 e. The number of hydrogen-bond donors (Lipinski definition) is 1. The van der Waals surface area contributed by atoms with Crippen molar-refractivity contribution < 1.29 is 14.0 Å². The monoisotopic (exact) mass is 263 g/mol. The maximum absolute atomic E-state index is 13.2. The molecule has 0 atom stereocenters. The van der Waals surface area contributed by atoms with E-state index in [0.717, 1.165) is 11.3 Å². The van der Waals surface area contributed by atoms with Crippen molar-refractivity contribution in [3.63, 3.8) is 0 Å². The lowest BCUT2D eigenvalue weighted by molar-refractivity contribution is 0.0531. The standard InChI is InChI=1S/C13H14FN3O2/c1-8-6-9(4-5-10(8)14)12-7-11(15-17(12)2)13(18)16-19-3/h4-7H,1-3H3,(H,16,18). The predicted molar refractivity (Wildman–Crippen MR) is 67.8 cm³/mol. The van der Waals surface area contributed by atoms with Crippen LogP contribution in [0.4, 0.5) is 4.39 Å². The number of aromatic nitrogens is 2. The van der Waals surface area contributed by atoms with Gasteiger partial charge in [0.15, 0.2) is 5.69 Å². The molecule has 0 saturated heterocycles. The van der Waals surface area contributed by atoms with E-state index >= 15 is 0 Å². The van der Waals surface area contributed by atoms with Gasteiger partial charge in [-0.05, 0) is 36.8 Å². The molecule has 0 aliphatic carbocycles. The fourth-order valence-electron chi connectivity index (χ4n) is 1.80. The van der Waals surface area contributed by atoms with Crippen LogP contribution in [-0.2, 0) is 11.9 Å². The number of carbonyl (C=O) groups excluding carboxylic acids is 1. The van der Waals surface area contributed by atoms with Gasteiger partial charge in [-0.3, -0.25) is 14.3 Å². The van der Waals surface area contributed by atoms with Crippen LogP contribution in [0.25, 0.3) is 11.3 Å². The van der Waals surface area contributed by atoms with Gasteiger partial charge in [-0.25, -0.2) is 9.87 Å². The number of hydroxylamine groups is 1. The van der Waals surface area contributed by atoms with Gasteiger partial charge in [0, 0.05) is 12.6 Å². The predicted octanol–water partition coefficient (Wildman–Crippen LogP) is 1.83. The second kappa shape index (κ2) is 5.19. The highest BCUT2D eigenvalue weighted by Crippen LogP contribution is 2.22. The molecule has 2 aromatic rings. The number of amides is 1. The van der Waals surface area contributed by atoms with Gasteiger partial charge >= 0.3 is 0 Å². The summed E-state index contributed by atoms with van der Waals surface area (Å²) in [5, 5.41) is 4.09. The Hall–Kier alpha value is -2.21. The van der Waals surface area contributed by atoms with Crippen LogP contribution in [0.5, 0.6) is 0 Å². The summed E-state index contributed by atoms with van der Waals surface area (Å²) in [7, 11) is 3.07. The second-order valence-corrected chi connectivity index (χ2v) is 4.14. The van der Waals surface area contributed by atoms with Gasteiger partial charge in [-0.1, -0.05) is 0 Å². The maximum Gasteiger partial charge on any atom is 0.295 e. The molecule has 19 heavy (non-hydrogen) atoms. The summed E-state index contributed by atoms with van der Waals surface area (Å²) in [6.45, 7) is 1.69. The maximum atomic E-state index is 13.2. The van der Waals surface area contributed by atoms with Crippen molar-refractivity contribution in [1.29, 1.82) is 0 Å². The zero-order valence-corrected chi connectivity index (χ0v) is 10.9. The summed E-state index contributed by atoms with van der Waals surface area (Å²) < 4.78 is 14.8. The molecule has 0 fully saturated rings. The Kier molecular flexibility index (Phi) is 3.62. The van der Waals surface area contributed by atoms with E-state index in [4.69, 9.17) is 0 Å². The van der Waals surface area contributed by atoms with Gasteiger partial charge in [0.1, 0.15) is 5.82 Å². The Morgan fingerprint density at radius 1 is 1.42 bits per heavy atom. The van der Waals surface area contributed by atoms with Gasteiger partial charge in [0.25, 0.3) is 5.91 Å². The largest absolute Gasteiger partial charge is 0.295 e. The molecule has 1 aromatic carbocycles. The normalized spacial score (nSPS) is 10.5. The summed E-state index contributed by atoms with van der Waals surface area (Å²) in [5.74, 6) is -0.688. The van der Waals surface area contributed by atoms with Crippen molar-refractivity contribution in [2.24, 2.45) is 7.05 Å². The number of rotatable bonds is 3. The van der Waals surface area contributed by atoms with Crippen molar-refractivity contribution in [3.05, 3.63) is 41.3 Å². The van der Waals surface area contributed by atoms with Gasteiger partial charge in [0.2, 0.25) is 0 Å². The molecule has 2 rings (SSSR count). The summed E-state index contributed by atoms with van der Waals surface area (Å²) in [5.41, 5.74) is 4.50. The van der Waals surface area contributed by atoms with Crippen LogP contribution in [0.3, 0.4) is 0 Å². The summed E-state index contributed by atoms with van der Waals surface area (Å²) in [4.78, 5) is 16.1. The molecule has 0 radical (unpaired) electrons. The minimum atomic E-state index is -0.428. The SMILES string of the molecule is CONC(=O)c1cc(-c2ccc(F)c(C)c2)n(C)n1. The molecule has 0 aliphatic heterocycles. The topological polar surface area (TPSA) is 56.1 Å². The van der Waals surface area contributed by atoms with E-state index in [1.807, 2.05) is 0 Å². The number of carbonyl (C=O) groups is 1. The summed E-state index contributed by atoms with van der Waals surface area (Å²) in [6.07, 6.45) is 0. The minimum Gasteiger partial charge on any atom is -0.277 e. The van der Waals surface area contributed by atoms with Gasteiger partial charge in [-0.2, -0.15) is 5.10 Å². The van der Waals surface area contributed by atoms with E-state index in [1.165, 1.54) is 13.2 Å². The molecule has 1 amide bonds. The van der Waals surface area contributed by atoms with E-state index in [2.05, 4.69) is 15.4 Å². The Bertz CT molecular complexity index is 622. The highest BCUT2D eigenvalue weighted by molar-refractivity contribution is 5.92. The third-order valence-corrected chi connectivity index (χ3v) is 2.76. The van der Waals surface area contributed by atoms with E-state index in [9.17, 15) is 9.18 Å². The lowest BCUT2D eigenvalue weighted by atomic mass is 10.1. The molecule has 6 heteroatoms. The minimum absolute atomic E-state index is 0.237. The molecular formula is C13H14FN3O2. The molecule has 1 aromatic heterocycles. The van der Waals surface area contributed by atoms with Crippen molar-refractivity contribution >= 4 is 5.91 Å². The van der Waals surface area contributed by atoms with E-state index in [-0.39, 0.29) is 11.5 Å². The van der Waals surface area contributed by atoms with E-state index in [1.54, 1.807) is 36.9 Å². The van der Waals surface area contributed by atoms with Crippen LogP contribution < -0.4 is 5.48 Å². The third kappa shape index (κ3) is 2.63. The van der Waals surface area contributed by atoms with E-state index < -0.39 is 5.91 Å². The summed E-state index contributed by atoms with van der Waals surface area (Å²) in [6, 6.07) is 6.38. The molecule has 0 saturated carbocycles. The molecular weight excluding hydrogens is 249 g/mol. The average Bonchev–Trinajstić information content (AvgIpc) is 2.75. The Morgan fingerprint density at radius 2 is 2.16 bits per heavy atom. The molecule has 0 bridgehead atoms. The van der Waals surface area contributed by atoms with Crippen LogP contribution in [0.15, 0.2) is 24.3 Å². The number of nitrogens with zero attached hydrogens (tertiary/aromatic N) is 2. The number of nitrogens with one attached hydrogen (secondary N) is 1. The second-order valence-electron chi connectivity index (χ2n) is 4.14. The molecule has 5 nitrogen and oxygen atoms in total. The fraction of sp³-hybridized carbons (Fsp3) is 0.231. The Morgan fingerprint density at radius 3 is 2.79 bits per heavy atom. The number of hydrogen-bond acceptors (Lipinski definition) is 3. The first-order valence-corrected chi connectivity index (χ1v) is 5.67. The number of aryl methyl sites for hydroxylation is 2. The van der Waals surface area contributed by atoms with Crippen LogP contribution in [-0.4, -0.2) is 22.8 Å². The lowest BCUT2D eigenvalue weighted by Gasteiger charge is -2.03. The first kappa shape index (κ1) is 13.2. The van der Waals surface area contributed by atoms with Crippen molar-refractivity contribution in [2.45, 2.75) is 6.92 Å². The van der Waals surface area contributed by atoms with Crippen molar-refractivity contribution in [2.75, 3.05) is 7.11 Å². The fourth-order valence-corrected chi connectivity index (χ4v) is 1.80. The zero-order valence-electron chi connectivity index (χ0n) is 10.9. The highest BCUT2D eigenvalue weighted by atomic mass is 19.1. The molecule has 0 unspecified atom stereocenters. The first-order chi connectivity index (χ1) is 9.02. The number of benzene rings is 1. The Labute approximate surface area is 110 Å².